The lowest BCUT2D eigenvalue weighted by molar-refractivity contribution is 0.769. The minimum atomic E-state index is 0.0748. The molecule has 2 aromatic rings. The Kier molecular flexibility index (Phi) is 3.55. The van der Waals surface area contributed by atoms with Crippen LogP contribution in [-0.2, 0) is 0 Å². The lowest BCUT2D eigenvalue weighted by atomic mass is 10.1. The number of hydrogen-bond donors (Lipinski definition) is 1. The molecule has 0 aliphatic carbocycles. The number of nitrogens with two attached hydrogens (primary N) is 1. The van der Waals surface area contributed by atoms with Crippen LogP contribution in [0.5, 0.6) is 0 Å². The standard InChI is InChI=1S/C15H13Cl2N3/c16-11-6-4-10(5-7-11)14-9-19-15(18)20(14)13-3-1-2-12(17)8-13/h1-8,14H,9H2,(H2,18,19). The van der Waals surface area contributed by atoms with Gasteiger partial charge in [-0.25, -0.2) is 0 Å². The van der Waals surface area contributed by atoms with Crippen molar-refractivity contribution >= 4 is 34.8 Å². The van der Waals surface area contributed by atoms with Gasteiger partial charge in [-0.3, -0.25) is 4.99 Å². The van der Waals surface area contributed by atoms with Crippen LogP contribution < -0.4 is 10.6 Å². The van der Waals surface area contributed by atoms with Crippen molar-refractivity contribution in [2.24, 2.45) is 10.7 Å². The number of hydrogen-bond acceptors (Lipinski definition) is 3. The van der Waals surface area contributed by atoms with E-state index in [2.05, 4.69) is 4.99 Å². The number of benzene rings is 2. The summed E-state index contributed by atoms with van der Waals surface area (Å²) in [5, 5.41) is 1.40. The lowest BCUT2D eigenvalue weighted by Gasteiger charge is -2.26. The zero-order valence-corrected chi connectivity index (χ0v) is 12.1. The third-order valence-electron chi connectivity index (χ3n) is 3.33. The fraction of sp³-hybridized carbons (Fsp3) is 0.133. The molecule has 5 heteroatoms. The van der Waals surface area contributed by atoms with Crippen LogP contribution in [0.3, 0.4) is 0 Å². The van der Waals surface area contributed by atoms with Crippen LogP contribution in [0.2, 0.25) is 10.0 Å². The van der Waals surface area contributed by atoms with Crippen molar-refractivity contribution in [2.45, 2.75) is 6.04 Å². The second-order valence-corrected chi connectivity index (χ2v) is 5.49. The van der Waals surface area contributed by atoms with Gasteiger partial charge in [0.05, 0.1) is 12.6 Å². The molecular weight excluding hydrogens is 293 g/mol. The van der Waals surface area contributed by atoms with E-state index in [9.17, 15) is 0 Å². The minimum Gasteiger partial charge on any atom is -0.369 e. The summed E-state index contributed by atoms with van der Waals surface area (Å²) < 4.78 is 0. The first-order chi connectivity index (χ1) is 9.65. The van der Waals surface area contributed by atoms with Gasteiger partial charge in [-0.2, -0.15) is 0 Å². The van der Waals surface area contributed by atoms with Gasteiger partial charge < -0.3 is 10.6 Å². The Morgan fingerprint density at radius 2 is 1.80 bits per heavy atom. The molecule has 1 atom stereocenters. The third-order valence-corrected chi connectivity index (χ3v) is 3.81. The average Bonchev–Trinajstić information content (AvgIpc) is 2.81. The molecule has 0 aromatic heterocycles. The highest BCUT2D eigenvalue weighted by atomic mass is 35.5. The topological polar surface area (TPSA) is 41.6 Å². The van der Waals surface area contributed by atoms with Gasteiger partial charge in [0.25, 0.3) is 0 Å². The van der Waals surface area contributed by atoms with Crippen LogP contribution in [0, 0.1) is 0 Å². The fourth-order valence-electron chi connectivity index (χ4n) is 2.38. The Bertz CT molecular complexity index is 652. The molecule has 2 N–H and O–H groups in total. The zero-order chi connectivity index (χ0) is 14.1. The quantitative estimate of drug-likeness (QED) is 0.915. The highest BCUT2D eigenvalue weighted by Gasteiger charge is 2.28. The van der Waals surface area contributed by atoms with Crippen molar-refractivity contribution in [1.29, 1.82) is 0 Å². The Balaban J connectivity index is 1.98. The first-order valence-corrected chi connectivity index (χ1v) is 7.01. The molecule has 1 heterocycles. The summed E-state index contributed by atoms with van der Waals surface area (Å²) in [6, 6.07) is 15.4. The summed E-state index contributed by atoms with van der Waals surface area (Å²) in [5.74, 6) is 0.507. The first-order valence-electron chi connectivity index (χ1n) is 6.25. The predicted octanol–water partition coefficient (Wildman–Crippen LogP) is 3.87. The summed E-state index contributed by atoms with van der Waals surface area (Å²) in [6.07, 6.45) is 0. The lowest BCUT2D eigenvalue weighted by Crippen LogP contribution is -2.36. The largest absolute Gasteiger partial charge is 0.369 e. The maximum atomic E-state index is 6.06. The van der Waals surface area contributed by atoms with E-state index in [1.165, 1.54) is 0 Å². The molecule has 102 valence electrons. The van der Waals surface area contributed by atoms with Gasteiger partial charge in [0.1, 0.15) is 0 Å². The van der Waals surface area contributed by atoms with Crippen LogP contribution in [0.25, 0.3) is 0 Å². The first kappa shape index (κ1) is 13.3. The fourth-order valence-corrected chi connectivity index (χ4v) is 2.69. The van der Waals surface area contributed by atoms with Gasteiger partial charge in [0, 0.05) is 15.7 Å². The van der Waals surface area contributed by atoms with Crippen molar-refractivity contribution in [2.75, 3.05) is 11.4 Å². The summed E-state index contributed by atoms with van der Waals surface area (Å²) in [5.41, 5.74) is 8.09. The minimum absolute atomic E-state index is 0.0748. The Labute approximate surface area is 127 Å². The highest BCUT2D eigenvalue weighted by Crippen LogP contribution is 2.32. The van der Waals surface area contributed by atoms with Crippen LogP contribution in [0.15, 0.2) is 53.5 Å². The number of guanidine groups is 1. The van der Waals surface area contributed by atoms with Crippen LogP contribution in [0.4, 0.5) is 5.69 Å². The van der Waals surface area contributed by atoms with Gasteiger partial charge in [-0.1, -0.05) is 41.4 Å². The Morgan fingerprint density at radius 1 is 1.05 bits per heavy atom. The van der Waals surface area contributed by atoms with E-state index in [0.29, 0.717) is 17.5 Å². The SMILES string of the molecule is NC1=NCC(c2ccc(Cl)cc2)N1c1cccc(Cl)c1. The van der Waals surface area contributed by atoms with E-state index >= 15 is 0 Å². The average molecular weight is 306 g/mol. The van der Waals surface area contributed by atoms with Crippen molar-refractivity contribution in [3.05, 3.63) is 64.1 Å². The number of aliphatic imine (C=N–C) groups is 1. The second kappa shape index (κ2) is 5.35. The van der Waals surface area contributed by atoms with Gasteiger partial charge in [0.15, 0.2) is 5.96 Å². The van der Waals surface area contributed by atoms with Crippen LogP contribution in [-0.4, -0.2) is 12.5 Å². The van der Waals surface area contributed by atoms with Gasteiger partial charge >= 0.3 is 0 Å². The number of halogens is 2. The molecule has 1 aliphatic heterocycles. The van der Waals surface area contributed by atoms with E-state index < -0.39 is 0 Å². The maximum absolute atomic E-state index is 6.06. The molecule has 0 saturated heterocycles. The molecule has 0 bridgehead atoms. The molecule has 2 aromatic carbocycles. The van der Waals surface area contributed by atoms with Crippen molar-refractivity contribution in [3.63, 3.8) is 0 Å². The van der Waals surface area contributed by atoms with Crippen molar-refractivity contribution in [3.8, 4) is 0 Å². The molecule has 0 saturated carbocycles. The van der Waals surface area contributed by atoms with Crippen LogP contribution in [0.1, 0.15) is 11.6 Å². The number of anilines is 1. The predicted molar refractivity (Wildman–Crippen MR) is 84.6 cm³/mol. The molecule has 1 aliphatic rings. The zero-order valence-electron chi connectivity index (χ0n) is 10.6. The van der Waals surface area contributed by atoms with Crippen LogP contribution >= 0.6 is 23.2 Å². The smallest absolute Gasteiger partial charge is 0.196 e. The summed E-state index contributed by atoms with van der Waals surface area (Å²) in [7, 11) is 0. The third kappa shape index (κ3) is 2.47. The van der Waals surface area contributed by atoms with Crippen molar-refractivity contribution < 1.29 is 0 Å². The second-order valence-electron chi connectivity index (χ2n) is 4.62. The summed E-state index contributed by atoms with van der Waals surface area (Å²) in [6.45, 7) is 0.625. The van der Waals surface area contributed by atoms with Crippen molar-refractivity contribution in [1.82, 2.24) is 0 Å². The molecule has 3 rings (SSSR count). The Hall–Kier alpha value is -1.71. The monoisotopic (exact) mass is 305 g/mol. The van der Waals surface area contributed by atoms with Gasteiger partial charge in [-0.15, -0.1) is 0 Å². The molecule has 3 nitrogen and oxygen atoms in total. The van der Waals surface area contributed by atoms with Gasteiger partial charge in [0.2, 0.25) is 0 Å². The highest BCUT2D eigenvalue weighted by molar-refractivity contribution is 6.31. The van der Waals surface area contributed by atoms with E-state index in [0.717, 1.165) is 16.3 Å². The summed E-state index contributed by atoms with van der Waals surface area (Å²) >= 11 is 12.0. The molecular formula is C15H13Cl2N3. The molecule has 1 unspecified atom stereocenters. The van der Waals surface area contributed by atoms with Gasteiger partial charge in [-0.05, 0) is 35.9 Å². The van der Waals surface area contributed by atoms with E-state index in [1.807, 2.05) is 53.4 Å². The normalized spacial score (nSPS) is 18.2. The molecule has 0 radical (unpaired) electrons. The number of rotatable bonds is 2. The summed E-state index contributed by atoms with van der Waals surface area (Å²) in [4.78, 5) is 6.34. The maximum Gasteiger partial charge on any atom is 0.196 e. The molecule has 20 heavy (non-hydrogen) atoms. The number of nitrogens with zero attached hydrogens (tertiary/aromatic N) is 2. The van der Waals surface area contributed by atoms with E-state index in [1.54, 1.807) is 0 Å². The molecule has 0 spiro atoms. The van der Waals surface area contributed by atoms with E-state index in [-0.39, 0.29) is 6.04 Å². The molecule has 0 amide bonds. The Morgan fingerprint density at radius 3 is 2.50 bits per heavy atom. The van der Waals surface area contributed by atoms with E-state index in [4.69, 9.17) is 28.9 Å². The molecule has 0 fully saturated rings.